The number of methoxy groups -OCH3 is 1. The lowest BCUT2D eigenvalue weighted by Gasteiger charge is -2.13. The van der Waals surface area contributed by atoms with E-state index in [1.54, 1.807) is 14.0 Å². The van der Waals surface area contributed by atoms with Gasteiger partial charge < -0.3 is 14.6 Å². The minimum atomic E-state index is 0.244. The fourth-order valence-electron chi connectivity index (χ4n) is 1.65. The lowest BCUT2D eigenvalue weighted by Crippen LogP contribution is -1.96. The smallest absolute Gasteiger partial charge is 0.125 e. The Kier molecular flexibility index (Phi) is 3.72. The van der Waals surface area contributed by atoms with Crippen molar-refractivity contribution >= 4 is 6.29 Å². The number of aromatic hydroxyl groups is 1. The van der Waals surface area contributed by atoms with Crippen LogP contribution >= 0.6 is 0 Å². The van der Waals surface area contributed by atoms with Gasteiger partial charge in [-0.25, -0.2) is 0 Å². The number of rotatable bonds is 4. The van der Waals surface area contributed by atoms with Crippen LogP contribution < -0.4 is 4.74 Å². The molecule has 0 aliphatic carbocycles. The lowest BCUT2D eigenvalue weighted by molar-refractivity contribution is -0.107. The number of carbonyl (C=O) groups is 1. The van der Waals surface area contributed by atoms with Crippen molar-refractivity contribution < 1.29 is 14.6 Å². The number of phenolic OH excluding ortho intramolecular Hbond substituents is 1. The second-order valence-electron chi connectivity index (χ2n) is 3.55. The van der Waals surface area contributed by atoms with E-state index in [2.05, 4.69) is 0 Å². The zero-order chi connectivity index (χ0) is 11.4. The standard InChI is InChI=1S/C12H16O3/c1-8-7-11(15-3)9(2)12(14)10(8)5-4-6-13/h6-7,14H,4-5H2,1-3H3. The van der Waals surface area contributed by atoms with Crippen LogP contribution in [-0.4, -0.2) is 18.5 Å². The van der Waals surface area contributed by atoms with Gasteiger partial charge in [-0.1, -0.05) is 0 Å². The van der Waals surface area contributed by atoms with E-state index in [0.29, 0.717) is 18.6 Å². The van der Waals surface area contributed by atoms with E-state index in [9.17, 15) is 9.90 Å². The molecule has 15 heavy (non-hydrogen) atoms. The number of benzene rings is 1. The van der Waals surface area contributed by atoms with Crippen LogP contribution in [0.2, 0.25) is 0 Å². The van der Waals surface area contributed by atoms with Gasteiger partial charge in [0.2, 0.25) is 0 Å². The fourth-order valence-corrected chi connectivity index (χ4v) is 1.65. The number of phenols is 1. The second-order valence-corrected chi connectivity index (χ2v) is 3.55. The molecule has 0 amide bonds. The van der Waals surface area contributed by atoms with Crippen molar-refractivity contribution in [1.29, 1.82) is 0 Å². The van der Waals surface area contributed by atoms with Crippen molar-refractivity contribution in [1.82, 2.24) is 0 Å². The highest BCUT2D eigenvalue weighted by Crippen LogP contribution is 2.33. The van der Waals surface area contributed by atoms with Gasteiger partial charge in [0.1, 0.15) is 17.8 Å². The van der Waals surface area contributed by atoms with Gasteiger partial charge in [0, 0.05) is 12.0 Å². The maximum atomic E-state index is 10.3. The molecule has 82 valence electrons. The molecule has 0 aromatic heterocycles. The molecule has 0 fully saturated rings. The molecule has 0 spiro atoms. The van der Waals surface area contributed by atoms with E-state index in [1.165, 1.54) is 0 Å². The maximum Gasteiger partial charge on any atom is 0.125 e. The largest absolute Gasteiger partial charge is 0.507 e. The van der Waals surface area contributed by atoms with Crippen LogP contribution in [0.15, 0.2) is 6.07 Å². The van der Waals surface area contributed by atoms with Crippen molar-refractivity contribution in [3.05, 3.63) is 22.8 Å². The predicted octanol–water partition coefficient (Wildman–Crippen LogP) is 2.15. The molecule has 0 atom stereocenters. The zero-order valence-corrected chi connectivity index (χ0v) is 9.33. The Morgan fingerprint density at radius 1 is 1.47 bits per heavy atom. The first kappa shape index (κ1) is 11.6. The molecule has 3 heteroatoms. The predicted molar refractivity (Wildman–Crippen MR) is 58.5 cm³/mol. The highest BCUT2D eigenvalue weighted by atomic mass is 16.5. The molecular formula is C12H16O3. The molecule has 0 saturated heterocycles. The fraction of sp³-hybridized carbons (Fsp3) is 0.417. The summed E-state index contributed by atoms with van der Waals surface area (Å²) in [6.45, 7) is 3.71. The van der Waals surface area contributed by atoms with Crippen molar-refractivity contribution in [3.63, 3.8) is 0 Å². The van der Waals surface area contributed by atoms with E-state index in [1.807, 2.05) is 13.0 Å². The molecule has 0 radical (unpaired) electrons. The summed E-state index contributed by atoms with van der Waals surface area (Å²) in [5.74, 6) is 0.925. The van der Waals surface area contributed by atoms with Gasteiger partial charge in [0.15, 0.2) is 0 Å². The second kappa shape index (κ2) is 4.82. The van der Waals surface area contributed by atoms with Gasteiger partial charge in [-0.05, 0) is 37.5 Å². The Bertz CT molecular complexity index is 370. The number of ether oxygens (including phenoxy) is 1. The summed E-state index contributed by atoms with van der Waals surface area (Å²) in [5, 5.41) is 9.92. The van der Waals surface area contributed by atoms with E-state index in [-0.39, 0.29) is 5.75 Å². The number of carbonyl (C=O) groups excluding carboxylic acids is 1. The molecule has 3 nitrogen and oxygen atoms in total. The van der Waals surface area contributed by atoms with Crippen LogP contribution in [0.3, 0.4) is 0 Å². The van der Waals surface area contributed by atoms with Gasteiger partial charge in [0.25, 0.3) is 0 Å². The molecule has 0 heterocycles. The molecule has 0 aliphatic heterocycles. The average molecular weight is 208 g/mol. The molecular weight excluding hydrogens is 192 g/mol. The van der Waals surface area contributed by atoms with E-state index < -0.39 is 0 Å². The summed E-state index contributed by atoms with van der Waals surface area (Å²) in [6, 6.07) is 1.88. The summed E-state index contributed by atoms with van der Waals surface area (Å²) in [6.07, 6.45) is 1.87. The first-order chi connectivity index (χ1) is 7.11. The number of hydrogen-bond donors (Lipinski definition) is 1. The third kappa shape index (κ3) is 2.29. The van der Waals surface area contributed by atoms with Gasteiger partial charge in [-0.2, -0.15) is 0 Å². The van der Waals surface area contributed by atoms with Crippen molar-refractivity contribution in [3.8, 4) is 11.5 Å². The number of hydrogen-bond acceptors (Lipinski definition) is 3. The minimum absolute atomic E-state index is 0.244. The molecule has 1 N–H and O–H groups in total. The quantitative estimate of drug-likeness (QED) is 0.771. The molecule has 1 aromatic carbocycles. The molecule has 0 unspecified atom stereocenters. The topological polar surface area (TPSA) is 46.5 Å². The van der Waals surface area contributed by atoms with Crippen LogP contribution in [0, 0.1) is 13.8 Å². The van der Waals surface area contributed by atoms with Crippen LogP contribution in [-0.2, 0) is 11.2 Å². The van der Waals surface area contributed by atoms with E-state index in [4.69, 9.17) is 4.74 Å². The minimum Gasteiger partial charge on any atom is -0.507 e. The third-order valence-corrected chi connectivity index (χ3v) is 2.57. The highest BCUT2D eigenvalue weighted by Gasteiger charge is 2.12. The van der Waals surface area contributed by atoms with Gasteiger partial charge in [0.05, 0.1) is 7.11 Å². The summed E-state index contributed by atoms with van der Waals surface area (Å²) in [7, 11) is 1.58. The van der Waals surface area contributed by atoms with E-state index >= 15 is 0 Å². The van der Waals surface area contributed by atoms with Crippen molar-refractivity contribution in [2.24, 2.45) is 0 Å². The van der Waals surface area contributed by atoms with Crippen molar-refractivity contribution in [2.75, 3.05) is 7.11 Å². The third-order valence-electron chi connectivity index (χ3n) is 2.57. The Morgan fingerprint density at radius 3 is 2.67 bits per heavy atom. The Labute approximate surface area is 89.7 Å². The first-order valence-electron chi connectivity index (χ1n) is 4.91. The highest BCUT2D eigenvalue weighted by molar-refractivity contribution is 5.55. The van der Waals surface area contributed by atoms with Gasteiger partial charge in [-0.15, -0.1) is 0 Å². The van der Waals surface area contributed by atoms with Crippen LogP contribution in [0.25, 0.3) is 0 Å². The number of aldehydes is 1. The van der Waals surface area contributed by atoms with Crippen LogP contribution in [0.5, 0.6) is 11.5 Å². The monoisotopic (exact) mass is 208 g/mol. The van der Waals surface area contributed by atoms with Crippen LogP contribution in [0.1, 0.15) is 23.1 Å². The maximum absolute atomic E-state index is 10.3. The summed E-state index contributed by atoms with van der Waals surface area (Å²) < 4.78 is 5.14. The summed E-state index contributed by atoms with van der Waals surface area (Å²) >= 11 is 0. The summed E-state index contributed by atoms with van der Waals surface area (Å²) in [4.78, 5) is 10.3. The summed E-state index contributed by atoms with van der Waals surface area (Å²) in [5.41, 5.74) is 2.51. The van der Waals surface area contributed by atoms with Gasteiger partial charge >= 0.3 is 0 Å². The van der Waals surface area contributed by atoms with E-state index in [0.717, 1.165) is 23.0 Å². The molecule has 0 bridgehead atoms. The molecule has 0 saturated carbocycles. The number of aryl methyl sites for hydroxylation is 1. The Balaban J connectivity index is 3.16. The molecule has 0 aliphatic rings. The first-order valence-corrected chi connectivity index (χ1v) is 4.91. The van der Waals surface area contributed by atoms with Crippen LogP contribution in [0.4, 0.5) is 0 Å². The Hall–Kier alpha value is -1.51. The zero-order valence-electron chi connectivity index (χ0n) is 9.33. The average Bonchev–Trinajstić information content (AvgIpc) is 2.23. The lowest BCUT2D eigenvalue weighted by atomic mass is 9.99. The molecule has 1 aromatic rings. The Morgan fingerprint density at radius 2 is 2.13 bits per heavy atom. The van der Waals surface area contributed by atoms with Crippen molar-refractivity contribution in [2.45, 2.75) is 26.7 Å². The molecule has 1 rings (SSSR count). The van der Waals surface area contributed by atoms with Gasteiger partial charge in [-0.3, -0.25) is 0 Å². The normalized spacial score (nSPS) is 10.1. The SMILES string of the molecule is COc1cc(C)c(CCC=O)c(O)c1C.